The number of fused-ring (bicyclic) bond motifs is 1. The first-order valence-corrected chi connectivity index (χ1v) is 9.15. The first-order chi connectivity index (χ1) is 11.1. The second kappa shape index (κ2) is 6.68. The summed E-state index contributed by atoms with van der Waals surface area (Å²) in [6.45, 7) is 3.96. The predicted octanol–water partition coefficient (Wildman–Crippen LogP) is 2.41. The molecule has 0 aromatic carbocycles. The lowest BCUT2D eigenvalue weighted by atomic mass is 10.1. The van der Waals surface area contributed by atoms with Gasteiger partial charge in [0.05, 0.1) is 17.4 Å². The van der Waals surface area contributed by atoms with Crippen LogP contribution in [0.4, 0.5) is 5.00 Å². The average molecular weight is 348 g/mol. The summed E-state index contributed by atoms with van der Waals surface area (Å²) in [4.78, 5) is 13.4. The Morgan fingerprint density at radius 2 is 2.35 bits per heavy atom. The fourth-order valence-electron chi connectivity index (χ4n) is 2.51. The minimum atomic E-state index is -0.148. The fourth-order valence-corrected chi connectivity index (χ4v) is 4.57. The third-order valence-corrected chi connectivity index (χ3v) is 5.71. The monoisotopic (exact) mass is 348 g/mol. The van der Waals surface area contributed by atoms with Crippen molar-refractivity contribution in [3.05, 3.63) is 16.0 Å². The highest BCUT2D eigenvalue weighted by atomic mass is 32.2. The predicted molar refractivity (Wildman–Crippen MR) is 88.6 cm³/mol. The van der Waals surface area contributed by atoms with Crippen LogP contribution in [0.1, 0.15) is 42.3 Å². The standard InChI is InChI=1S/C14H16N6OS2/c1-8(2)20-14(17-18-19-20)22-7-12(21)16-13-10(6-15)9-4-3-5-11(9)23-13/h8H,3-5,7H2,1-2H3,(H,16,21). The van der Waals surface area contributed by atoms with Crippen molar-refractivity contribution < 1.29 is 4.79 Å². The molecule has 1 aliphatic carbocycles. The quantitative estimate of drug-likeness (QED) is 0.834. The van der Waals surface area contributed by atoms with Gasteiger partial charge < -0.3 is 5.32 Å². The van der Waals surface area contributed by atoms with Crippen LogP contribution in [0, 0.1) is 11.3 Å². The zero-order valence-corrected chi connectivity index (χ0v) is 14.5. The number of anilines is 1. The number of carbonyl (C=O) groups excluding carboxylic acids is 1. The zero-order valence-electron chi connectivity index (χ0n) is 12.9. The van der Waals surface area contributed by atoms with Crippen molar-refractivity contribution in [2.24, 2.45) is 0 Å². The maximum Gasteiger partial charge on any atom is 0.235 e. The first-order valence-electron chi connectivity index (χ1n) is 7.35. The topological polar surface area (TPSA) is 96.5 Å². The van der Waals surface area contributed by atoms with Crippen LogP contribution in [0.5, 0.6) is 0 Å². The SMILES string of the molecule is CC(C)n1nnnc1SCC(=O)Nc1sc2c(c1C#N)CCC2. The number of carbonyl (C=O) groups is 1. The molecule has 7 nitrogen and oxygen atoms in total. The zero-order chi connectivity index (χ0) is 16.4. The van der Waals surface area contributed by atoms with Crippen LogP contribution in [0.2, 0.25) is 0 Å². The number of thioether (sulfide) groups is 1. The van der Waals surface area contributed by atoms with Crippen LogP contribution in [-0.2, 0) is 17.6 Å². The van der Waals surface area contributed by atoms with Gasteiger partial charge in [0.25, 0.3) is 0 Å². The highest BCUT2D eigenvalue weighted by Gasteiger charge is 2.23. The Morgan fingerprint density at radius 3 is 3.09 bits per heavy atom. The molecule has 0 unspecified atom stereocenters. The van der Waals surface area contributed by atoms with Gasteiger partial charge in [-0.25, -0.2) is 4.68 Å². The number of hydrogen-bond donors (Lipinski definition) is 1. The van der Waals surface area contributed by atoms with E-state index in [9.17, 15) is 10.1 Å². The van der Waals surface area contributed by atoms with E-state index in [4.69, 9.17) is 0 Å². The largest absolute Gasteiger partial charge is 0.316 e. The lowest BCUT2D eigenvalue weighted by Crippen LogP contribution is -2.15. The summed E-state index contributed by atoms with van der Waals surface area (Å²) in [7, 11) is 0. The molecule has 0 aliphatic heterocycles. The molecule has 3 rings (SSSR count). The van der Waals surface area contributed by atoms with E-state index in [2.05, 4.69) is 26.9 Å². The minimum absolute atomic E-state index is 0.140. The number of nitriles is 1. The van der Waals surface area contributed by atoms with Crippen molar-refractivity contribution in [1.29, 1.82) is 5.26 Å². The Hall–Kier alpha value is -1.92. The van der Waals surface area contributed by atoms with Crippen LogP contribution in [0.25, 0.3) is 0 Å². The number of nitrogens with zero attached hydrogens (tertiary/aromatic N) is 5. The molecule has 120 valence electrons. The number of hydrogen-bond acceptors (Lipinski definition) is 7. The van der Waals surface area contributed by atoms with E-state index in [1.807, 2.05) is 13.8 Å². The van der Waals surface area contributed by atoms with Gasteiger partial charge in [-0.1, -0.05) is 11.8 Å². The molecule has 0 atom stereocenters. The molecule has 0 spiro atoms. The van der Waals surface area contributed by atoms with E-state index < -0.39 is 0 Å². The highest BCUT2D eigenvalue weighted by Crippen LogP contribution is 2.38. The van der Waals surface area contributed by atoms with E-state index in [1.165, 1.54) is 28.0 Å². The summed E-state index contributed by atoms with van der Waals surface area (Å²) in [6.07, 6.45) is 3.03. The molecule has 0 fully saturated rings. The van der Waals surface area contributed by atoms with Crippen LogP contribution < -0.4 is 5.32 Å². The molecule has 0 radical (unpaired) electrons. The lowest BCUT2D eigenvalue weighted by Gasteiger charge is -2.07. The van der Waals surface area contributed by atoms with Crippen LogP contribution in [0.15, 0.2) is 5.16 Å². The van der Waals surface area contributed by atoms with Gasteiger partial charge in [0.2, 0.25) is 11.1 Å². The second-order valence-corrected chi connectivity index (χ2v) is 7.56. The fraction of sp³-hybridized carbons (Fsp3) is 0.500. The summed E-state index contributed by atoms with van der Waals surface area (Å²) in [5.41, 5.74) is 1.75. The molecule has 23 heavy (non-hydrogen) atoms. The Bertz CT molecular complexity index is 773. The van der Waals surface area contributed by atoms with Gasteiger partial charge in [0, 0.05) is 4.88 Å². The molecule has 9 heteroatoms. The summed E-state index contributed by atoms with van der Waals surface area (Å²) >= 11 is 2.81. The smallest absolute Gasteiger partial charge is 0.235 e. The maximum absolute atomic E-state index is 12.2. The number of amides is 1. The van der Waals surface area contributed by atoms with Crippen molar-refractivity contribution in [2.75, 3.05) is 11.1 Å². The van der Waals surface area contributed by atoms with E-state index in [1.54, 1.807) is 4.68 Å². The molecule has 2 aromatic rings. The molecule has 0 saturated heterocycles. The highest BCUT2D eigenvalue weighted by molar-refractivity contribution is 7.99. The van der Waals surface area contributed by atoms with Gasteiger partial charge in [-0.15, -0.1) is 16.4 Å². The number of tetrazole rings is 1. The number of aromatic nitrogens is 4. The molecule has 2 aromatic heterocycles. The van der Waals surface area contributed by atoms with Crippen molar-refractivity contribution in [3.63, 3.8) is 0 Å². The first kappa shape index (κ1) is 16.0. The van der Waals surface area contributed by atoms with Crippen LogP contribution in [0.3, 0.4) is 0 Å². The van der Waals surface area contributed by atoms with Gasteiger partial charge in [-0.2, -0.15) is 5.26 Å². The van der Waals surface area contributed by atoms with Gasteiger partial charge in [0.15, 0.2) is 0 Å². The minimum Gasteiger partial charge on any atom is -0.316 e. The average Bonchev–Trinajstić information content (AvgIpc) is 3.19. The van der Waals surface area contributed by atoms with Crippen molar-refractivity contribution >= 4 is 34.0 Å². The van der Waals surface area contributed by atoms with Crippen molar-refractivity contribution in [3.8, 4) is 6.07 Å². The van der Waals surface area contributed by atoms with E-state index in [0.29, 0.717) is 15.7 Å². The normalized spacial score (nSPS) is 13.1. The molecule has 0 bridgehead atoms. The van der Waals surface area contributed by atoms with Crippen LogP contribution >= 0.6 is 23.1 Å². The molecule has 2 heterocycles. The van der Waals surface area contributed by atoms with E-state index in [-0.39, 0.29) is 17.7 Å². The Morgan fingerprint density at radius 1 is 1.52 bits per heavy atom. The summed E-state index contributed by atoms with van der Waals surface area (Å²) < 4.78 is 1.68. The van der Waals surface area contributed by atoms with E-state index in [0.717, 1.165) is 24.8 Å². The van der Waals surface area contributed by atoms with Crippen molar-refractivity contribution in [2.45, 2.75) is 44.3 Å². The van der Waals surface area contributed by atoms with Gasteiger partial charge in [0.1, 0.15) is 11.1 Å². The number of rotatable bonds is 5. The Balaban J connectivity index is 1.64. The lowest BCUT2D eigenvalue weighted by molar-refractivity contribution is -0.113. The van der Waals surface area contributed by atoms with Gasteiger partial charge >= 0.3 is 0 Å². The van der Waals surface area contributed by atoms with Gasteiger partial charge in [-0.05, 0) is 49.1 Å². The summed E-state index contributed by atoms with van der Waals surface area (Å²) in [5.74, 6) is 0.0605. The molecule has 1 N–H and O–H groups in total. The van der Waals surface area contributed by atoms with Crippen LogP contribution in [-0.4, -0.2) is 31.9 Å². The molecule has 1 amide bonds. The molecule has 0 saturated carbocycles. The maximum atomic E-state index is 12.2. The summed E-state index contributed by atoms with van der Waals surface area (Å²) in [5, 5.41) is 24.9. The second-order valence-electron chi connectivity index (χ2n) is 5.51. The Labute approximate surface area is 142 Å². The summed E-state index contributed by atoms with van der Waals surface area (Å²) in [6, 6.07) is 2.37. The van der Waals surface area contributed by atoms with Gasteiger partial charge in [-0.3, -0.25) is 4.79 Å². The van der Waals surface area contributed by atoms with E-state index >= 15 is 0 Å². The number of aryl methyl sites for hydroxylation is 1. The molecular formula is C14H16N6OS2. The molecular weight excluding hydrogens is 332 g/mol. The molecule has 1 aliphatic rings. The van der Waals surface area contributed by atoms with Crippen molar-refractivity contribution in [1.82, 2.24) is 20.2 Å². The Kier molecular flexibility index (Phi) is 4.63. The third-order valence-electron chi connectivity index (χ3n) is 3.57. The number of thiophene rings is 1. The number of nitrogens with one attached hydrogen (secondary N) is 1. The third kappa shape index (κ3) is 3.23.